The lowest BCUT2D eigenvalue weighted by Crippen LogP contribution is -2.54. The van der Waals surface area contributed by atoms with Gasteiger partial charge in [0.1, 0.15) is 5.78 Å². The predicted molar refractivity (Wildman–Crippen MR) is 68.8 cm³/mol. The fourth-order valence-electron chi connectivity index (χ4n) is 1.48. The average Bonchev–Trinajstić information content (AvgIpc) is 2.48. The van der Waals surface area contributed by atoms with E-state index in [1.165, 1.54) is 6.92 Å². The average molecular weight is 290 g/mol. The smallest absolute Gasteiger partial charge is 0.307 e. The Labute approximate surface area is 117 Å². The van der Waals surface area contributed by atoms with Gasteiger partial charge in [0.05, 0.1) is 19.6 Å². The van der Waals surface area contributed by atoms with Gasteiger partial charge in [0.2, 0.25) is 0 Å². The molecule has 0 bridgehead atoms. The van der Waals surface area contributed by atoms with E-state index in [-0.39, 0.29) is 25.0 Å². The van der Waals surface area contributed by atoms with Crippen molar-refractivity contribution in [3.05, 3.63) is 0 Å². The fraction of sp³-hybridized carbons (Fsp3) is 0.769. The number of ketones is 2. The molecule has 0 spiro atoms. The second kappa shape index (κ2) is 8.78. The second-order valence-electron chi connectivity index (χ2n) is 4.50. The third-order valence-electron chi connectivity index (χ3n) is 2.93. The minimum atomic E-state index is -2.22. The summed E-state index contributed by atoms with van der Waals surface area (Å²) in [6, 6.07) is 0. The molecule has 1 atom stereocenters. The SMILES string of the molecule is CCC(=O)CCC(=O)OC(C(=O)CC)C(O)(CO)CO. The lowest BCUT2D eigenvalue weighted by molar-refractivity contribution is -0.183. The van der Waals surface area contributed by atoms with E-state index in [9.17, 15) is 19.5 Å². The summed E-state index contributed by atoms with van der Waals surface area (Å²) >= 11 is 0. The highest BCUT2D eigenvalue weighted by Crippen LogP contribution is 2.17. The molecule has 0 aliphatic carbocycles. The number of carbonyl (C=O) groups excluding carboxylic acids is 3. The minimum Gasteiger partial charge on any atom is -0.451 e. The molecular weight excluding hydrogens is 268 g/mol. The molecule has 0 heterocycles. The summed E-state index contributed by atoms with van der Waals surface area (Å²) in [7, 11) is 0. The van der Waals surface area contributed by atoms with Gasteiger partial charge in [-0.05, 0) is 0 Å². The van der Waals surface area contributed by atoms with Gasteiger partial charge in [-0.15, -0.1) is 0 Å². The number of ether oxygens (including phenoxy) is 1. The lowest BCUT2D eigenvalue weighted by atomic mass is 9.94. The summed E-state index contributed by atoms with van der Waals surface area (Å²) in [5.74, 6) is -1.58. The van der Waals surface area contributed by atoms with Crippen molar-refractivity contribution < 1.29 is 34.4 Å². The normalized spacial score (nSPS) is 12.8. The number of Topliss-reactive ketones (excluding diaryl/α,β-unsaturated/α-hetero) is 2. The van der Waals surface area contributed by atoms with E-state index in [1.54, 1.807) is 6.92 Å². The lowest BCUT2D eigenvalue weighted by Gasteiger charge is -2.31. The summed E-state index contributed by atoms with van der Waals surface area (Å²) < 4.78 is 4.83. The van der Waals surface area contributed by atoms with E-state index in [1.807, 2.05) is 0 Å². The van der Waals surface area contributed by atoms with E-state index < -0.39 is 36.7 Å². The van der Waals surface area contributed by atoms with Crippen LogP contribution in [0.5, 0.6) is 0 Å². The van der Waals surface area contributed by atoms with Crippen LogP contribution >= 0.6 is 0 Å². The molecule has 0 saturated carbocycles. The van der Waals surface area contributed by atoms with E-state index in [2.05, 4.69) is 0 Å². The van der Waals surface area contributed by atoms with Crippen LogP contribution in [-0.4, -0.2) is 57.8 Å². The predicted octanol–water partition coefficient (Wildman–Crippen LogP) is -0.648. The molecule has 0 aliphatic rings. The standard InChI is InChI=1S/C13H22O7/c1-3-9(16)5-6-11(18)20-12(10(17)4-2)13(19,7-14)8-15/h12,14-15,19H,3-8H2,1-2H3. The Hall–Kier alpha value is -1.31. The van der Waals surface area contributed by atoms with Gasteiger partial charge in [0.15, 0.2) is 17.5 Å². The van der Waals surface area contributed by atoms with Gasteiger partial charge >= 0.3 is 5.97 Å². The molecule has 0 aromatic rings. The Morgan fingerprint density at radius 1 is 1.05 bits per heavy atom. The maximum Gasteiger partial charge on any atom is 0.307 e. The Kier molecular flexibility index (Phi) is 8.21. The zero-order chi connectivity index (χ0) is 15.8. The molecule has 0 radical (unpaired) electrons. The first kappa shape index (κ1) is 18.7. The van der Waals surface area contributed by atoms with E-state index >= 15 is 0 Å². The summed E-state index contributed by atoms with van der Waals surface area (Å²) in [5.41, 5.74) is -2.22. The van der Waals surface area contributed by atoms with Crippen molar-refractivity contribution in [2.45, 2.75) is 51.2 Å². The molecule has 0 aromatic carbocycles. The van der Waals surface area contributed by atoms with Crippen LogP contribution in [-0.2, 0) is 19.1 Å². The molecule has 0 aliphatic heterocycles. The van der Waals surface area contributed by atoms with Crippen molar-refractivity contribution in [3.63, 3.8) is 0 Å². The first-order valence-electron chi connectivity index (χ1n) is 6.52. The van der Waals surface area contributed by atoms with Gasteiger partial charge in [0, 0.05) is 19.3 Å². The third kappa shape index (κ3) is 5.36. The minimum absolute atomic E-state index is 0.0148. The molecule has 7 heteroatoms. The molecule has 116 valence electrons. The van der Waals surface area contributed by atoms with Crippen LogP contribution in [0.3, 0.4) is 0 Å². The highest BCUT2D eigenvalue weighted by molar-refractivity contribution is 5.88. The molecule has 0 amide bonds. The number of hydrogen-bond acceptors (Lipinski definition) is 7. The van der Waals surface area contributed by atoms with Crippen LogP contribution in [0.4, 0.5) is 0 Å². The fourth-order valence-corrected chi connectivity index (χ4v) is 1.48. The van der Waals surface area contributed by atoms with Crippen molar-refractivity contribution >= 4 is 17.5 Å². The molecule has 0 saturated heterocycles. The van der Waals surface area contributed by atoms with Crippen molar-refractivity contribution in [2.75, 3.05) is 13.2 Å². The van der Waals surface area contributed by atoms with Crippen molar-refractivity contribution in [1.29, 1.82) is 0 Å². The molecule has 20 heavy (non-hydrogen) atoms. The van der Waals surface area contributed by atoms with Gasteiger partial charge in [-0.25, -0.2) is 0 Å². The monoisotopic (exact) mass is 290 g/mol. The van der Waals surface area contributed by atoms with Crippen molar-refractivity contribution in [3.8, 4) is 0 Å². The Balaban J connectivity index is 4.78. The van der Waals surface area contributed by atoms with Crippen LogP contribution in [0, 0.1) is 0 Å². The zero-order valence-electron chi connectivity index (χ0n) is 11.8. The maximum atomic E-state index is 11.7. The number of esters is 1. The summed E-state index contributed by atoms with van der Waals surface area (Å²) in [4.78, 5) is 34.3. The Morgan fingerprint density at radius 2 is 1.60 bits per heavy atom. The topological polar surface area (TPSA) is 121 Å². The van der Waals surface area contributed by atoms with Crippen LogP contribution in [0.15, 0.2) is 0 Å². The van der Waals surface area contributed by atoms with Gasteiger partial charge in [-0.2, -0.15) is 0 Å². The molecule has 0 fully saturated rings. The quantitative estimate of drug-likeness (QED) is 0.457. The maximum absolute atomic E-state index is 11.7. The number of aliphatic hydroxyl groups is 3. The molecule has 0 aromatic heterocycles. The first-order valence-corrected chi connectivity index (χ1v) is 6.52. The van der Waals surface area contributed by atoms with Crippen LogP contribution in [0.1, 0.15) is 39.5 Å². The Morgan fingerprint density at radius 3 is 2.00 bits per heavy atom. The van der Waals surface area contributed by atoms with Gasteiger partial charge in [-0.3, -0.25) is 14.4 Å². The van der Waals surface area contributed by atoms with Gasteiger partial charge in [-0.1, -0.05) is 13.8 Å². The summed E-state index contributed by atoms with van der Waals surface area (Å²) in [5, 5.41) is 28.0. The van der Waals surface area contributed by atoms with Crippen molar-refractivity contribution in [1.82, 2.24) is 0 Å². The number of rotatable bonds is 10. The van der Waals surface area contributed by atoms with E-state index in [4.69, 9.17) is 14.9 Å². The van der Waals surface area contributed by atoms with E-state index in [0.29, 0.717) is 6.42 Å². The highest BCUT2D eigenvalue weighted by atomic mass is 16.6. The molecular formula is C13H22O7. The number of hydrogen-bond donors (Lipinski definition) is 3. The Bertz CT molecular complexity index is 347. The largest absolute Gasteiger partial charge is 0.451 e. The molecule has 3 N–H and O–H groups in total. The van der Waals surface area contributed by atoms with Gasteiger partial charge in [0.25, 0.3) is 0 Å². The van der Waals surface area contributed by atoms with Crippen molar-refractivity contribution in [2.24, 2.45) is 0 Å². The zero-order valence-corrected chi connectivity index (χ0v) is 11.8. The van der Waals surface area contributed by atoms with E-state index in [0.717, 1.165) is 0 Å². The van der Waals surface area contributed by atoms with Crippen LogP contribution in [0.25, 0.3) is 0 Å². The third-order valence-corrected chi connectivity index (χ3v) is 2.93. The summed E-state index contributed by atoms with van der Waals surface area (Å²) in [6.07, 6.45) is -1.62. The summed E-state index contributed by atoms with van der Waals surface area (Å²) in [6.45, 7) is 1.30. The number of aliphatic hydroxyl groups excluding tert-OH is 2. The molecule has 1 unspecified atom stereocenters. The van der Waals surface area contributed by atoms with Gasteiger partial charge < -0.3 is 20.1 Å². The molecule has 0 rings (SSSR count). The van der Waals surface area contributed by atoms with Crippen LogP contribution in [0.2, 0.25) is 0 Å². The number of carbonyl (C=O) groups is 3. The highest BCUT2D eigenvalue weighted by Gasteiger charge is 2.42. The first-order chi connectivity index (χ1) is 9.34. The second-order valence-corrected chi connectivity index (χ2v) is 4.50. The molecule has 7 nitrogen and oxygen atoms in total. The van der Waals surface area contributed by atoms with Crippen LogP contribution < -0.4 is 0 Å².